The van der Waals surface area contributed by atoms with E-state index in [4.69, 9.17) is 19.3 Å². The second-order valence-corrected chi connectivity index (χ2v) is 11.8. The molecule has 2 heterocycles. The number of nitrogens with zero attached hydrogens (tertiary/aromatic N) is 2. The van der Waals surface area contributed by atoms with Crippen LogP contribution in [0.25, 0.3) is 0 Å². The number of benzene rings is 1. The van der Waals surface area contributed by atoms with Crippen molar-refractivity contribution in [2.75, 3.05) is 32.8 Å². The number of ether oxygens (including phenoxy) is 3. The molecule has 2 aliphatic heterocycles. The Kier molecular flexibility index (Phi) is 8.38. The third kappa shape index (κ3) is 7.45. The van der Waals surface area contributed by atoms with Crippen LogP contribution < -0.4 is 9.88 Å². The van der Waals surface area contributed by atoms with Gasteiger partial charge in [0.05, 0.1) is 29.7 Å². The molecule has 2 saturated heterocycles. The molecule has 202 valence electrons. The summed E-state index contributed by atoms with van der Waals surface area (Å²) in [6.07, 6.45) is -1.16. The van der Waals surface area contributed by atoms with Crippen molar-refractivity contribution in [3.63, 3.8) is 0 Å². The van der Waals surface area contributed by atoms with E-state index in [1.54, 1.807) is 20.8 Å². The highest BCUT2D eigenvalue weighted by molar-refractivity contribution is 7.89. The molecule has 1 spiro atoms. The maximum atomic E-state index is 13.1. The number of carbonyl (C=O) groups is 2. The van der Waals surface area contributed by atoms with Crippen LogP contribution in [0.15, 0.2) is 29.2 Å². The van der Waals surface area contributed by atoms with Crippen LogP contribution in [0.1, 0.15) is 40.0 Å². The lowest BCUT2D eigenvalue weighted by molar-refractivity contribution is -0.0407. The number of aliphatic hydroxyl groups is 1. The van der Waals surface area contributed by atoms with Crippen molar-refractivity contribution in [3.8, 4) is 5.75 Å². The minimum absolute atomic E-state index is 0.102. The van der Waals surface area contributed by atoms with E-state index >= 15 is 0 Å². The van der Waals surface area contributed by atoms with Crippen molar-refractivity contribution in [3.05, 3.63) is 24.3 Å². The zero-order valence-electron chi connectivity index (χ0n) is 20.8. The zero-order chi connectivity index (χ0) is 26.7. The maximum absolute atomic E-state index is 13.1. The molecule has 0 radical (unpaired) electrons. The van der Waals surface area contributed by atoms with Gasteiger partial charge < -0.3 is 34.2 Å². The van der Waals surface area contributed by atoms with E-state index < -0.39 is 39.5 Å². The predicted molar refractivity (Wildman–Crippen MR) is 128 cm³/mol. The second-order valence-electron chi connectivity index (χ2n) is 10.2. The molecule has 2 amide bonds. The van der Waals surface area contributed by atoms with Crippen LogP contribution in [0.3, 0.4) is 0 Å². The molecule has 2 fully saturated rings. The van der Waals surface area contributed by atoms with Gasteiger partial charge in [-0.05, 0) is 52.2 Å². The van der Waals surface area contributed by atoms with Gasteiger partial charge in [-0.15, -0.1) is 0 Å². The zero-order valence-corrected chi connectivity index (χ0v) is 21.6. The van der Waals surface area contributed by atoms with Gasteiger partial charge in [-0.25, -0.2) is 23.1 Å². The Bertz CT molecular complexity index is 1050. The fourth-order valence-corrected chi connectivity index (χ4v) is 4.93. The standard InChI is InChI=1S/C23H35N3O9S/c1-22(2,3)35-21(30)26(16-12-23(34-14-16)7-9-25(10-8-23)20(28)29)13-17(27)15-33-18-5-4-6-19(11-18)36(24,31)32/h4-6,11,16-17,27H,7-10,12-15H2,1-3H3,(H,28,29)(H2,24,31,32). The van der Waals surface area contributed by atoms with Gasteiger partial charge in [0.25, 0.3) is 0 Å². The molecule has 2 aliphatic rings. The van der Waals surface area contributed by atoms with E-state index in [1.807, 2.05) is 0 Å². The highest BCUT2D eigenvalue weighted by Crippen LogP contribution is 2.38. The van der Waals surface area contributed by atoms with Crippen molar-refractivity contribution in [1.29, 1.82) is 0 Å². The number of carboxylic acid groups (broad SMARTS) is 1. The fraction of sp³-hybridized carbons (Fsp3) is 0.652. The summed E-state index contributed by atoms with van der Waals surface area (Å²) in [6, 6.07) is 5.22. The van der Waals surface area contributed by atoms with Crippen molar-refractivity contribution < 1.29 is 42.4 Å². The molecule has 2 unspecified atom stereocenters. The topological polar surface area (TPSA) is 169 Å². The molecule has 0 bridgehead atoms. The minimum atomic E-state index is -3.91. The summed E-state index contributed by atoms with van der Waals surface area (Å²) < 4.78 is 40.3. The molecule has 1 aromatic carbocycles. The Morgan fingerprint density at radius 1 is 1.31 bits per heavy atom. The molecule has 2 atom stereocenters. The van der Waals surface area contributed by atoms with Gasteiger partial charge in [0.1, 0.15) is 24.1 Å². The molecular weight excluding hydrogens is 494 g/mol. The molecule has 4 N–H and O–H groups in total. The number of aliphatic hydroxyl groups excluding tert-OH is 1. The first kappa shape index (κ1) is 28.0. The lowest BCUT2D eigenvalue weighted by Crippen LogP contribution is -2.50. The summed E-state index contributed by atoms with van der Waals surface area (Å²) in [5.41, 5.74) is -1.29. The number of nitrogens with two attached hydrogens (primary N) is 1. The lowest BCUT2D eigenvalue weighted by atomic mass is 9.87. The van der Waals surface area contributed by atoms with Crippen molar-refractivity contribution in [1.82, 2.24) is 9.80 Å². The van der Waals surface area contributed by atoms with Gasteiger partial charge in [0, 0.05) is 19.2 Å². The largest absolute Gasteiger partial charge is 0.491 e. The van der Waals surface area contributed by atoms with Crippen molar-refractivity contribution >= 4 is 22.2 Å². The second kappa shape index (κ2) is 10.8. The number of amides is 2. The van der Waals surface area contributed by atoms with Crippen LogP contribution >= 0.6 is 0 Å². The summed E-state index contributed by atoms with van der Waals surface area (Å²) in [4.78, 5) is 27.0. The molecule has 12 nitrogen and oxygen atoms in total. The number of hydrogen-bond acceptors (Lipinski definition) is 8. The Labute approximate surface area is 210 Å². The number of rotatable bonds is 7. The van der Waals surface area contributed by atoms with E-state index in [2.05, 4.69) is 0 Å². The number of hydrogen-bond donors (Lipinski definition) is 3. The van der Waals surface area contributed by atoms with Crippen LogP contribution in [-0.2, 0) is 19.5 Å². The Balaban J connectivity index is 1.66. The summed E-state index contributed by atoms with van der Waals surface area (Å²) in [5.74, 6) is 0.206. The Hall–Kier alpha value is -2.61. The van der Waals surface area contributed by atoms with Crippen molar-refractivity contribution in [2.45, 2.75) is 68.3 Å². The van der Waals surface area contributed by atoms with Gasteiger partial charge in [0.15, 0.2) is 0 Å². The molecule has 0 saturated carbocycles. The molecule has 1 aromatic rings. The Morgan fingerprint density at radius 2 is 1.97 bits per heavy atom. The monoisotopic (exact) mass is 529 g/mol. The van der Waals surface area contributed by atoms with Crippen LogP contribution in [0, 0.1) is 0 Å². The first-order valence-electron chi connectivity index (χ1n) is 11.7. The number of carbonyl (C=O) groups excluding carboxylic acids is 1. The van der Waals surface area contributed by atoms with Gasteiger partial charge in [-0.2, -0.15) is 0 Å². The number of primary sulfonamides is 1. The molecule has 36 heavy (non-hydrogen) atoms. The third-order valence-electron chi connectivity index (χ3n) is 6.19. The quantitative estimate of drug-likeness (QED) is 0.475. The van der Waals surface area contributed by atoms with Crippen LogP contribution in [0.5, 0.6) is 5.75 Å². The van der Waals surface area contributed by atoms with E-state index in [0.717, 1.165) is 0 Å². The average molecular weight is 530 g/mol. The molecule has 3 rings (SSSR count). The van der Waals surface area contributed by atoms with Crippen LogP contribution in [-0.4, -0.2) is 96.8 Å². The maximum Gasteiger partial charge on any atom is 0.410 e. The average Bonchev–Trinajstić information content (AvgIpc) is 3.17. The van der Waals surface area contributed by atoms with E-state index in [1.165, 1.54) is 34.1 Å². The molecular formula is C23H35N3O9S. The van der Waals surface area contributed by atoms with E-state index in [0.29, 0.717) is 32.4 Å². The minimum Gasteiger partial charge on any atom is -0.491 e. The highest BCUT2D eigenvalue weighted by Gasteiger charge is 2.46. The SMILES string of the molecule is CC(C)(C)OC(=O)N(CC(O)COc1cccc(S(N)(=O)=O)c1)C1COC2(CCN(C(=O)O)CC2)C1. The first-order valence-corrected chi connectivity index (χ1v) is 13.3. The van der Waals surface area contributed by atoms with Gasteiger partial charge in [0.2, 0.25) is 10.0 Å². The van der Waals surface area contributed by atoms with Crippen LogP contribution in [0.4, 0.5) is 9.59 Å². The van der Waals surface area contributed by atoms with E-state index in [-0.39, 0.29) is 36.4 Å². The summed E-state index contributed by atoms with van der Waals surface area (Å²) in [5, 5.41) is 25.1. The predicted octanol–water partition coefficient (Wildman–Crippen LogP) is 1.61. The summed E-state index contributed by atoms with van der Waals surface area (Å²) >= 11 is 0. The number of likely N-dealkylation sites (tertiary alicyclic amines) is 1. The Morgan fingerprint density at radius 3 is 2.56 bits per heavy atom. The molecule has 0 aliphatic carbocycles. The van der Waals surface area contributed by atoms with E-state index in [9.17, 15) is 28.2 Å². The summed E-state index contributed by atoms with van der Waals surface area (Å²) in [6.45, 7) is 5.86. The lowest BCUT2D eigenvalue weighted by Gasteiger charge is -2.38. The molecule has 0 aromatic heterocycles. The van der Waals surface area contributed by atoms with Gasteiger partial charge >= 0.3 is 12.2 Å². The van der Waals surface area contributed by atoms with Crippen LogP contribution in [0.2, 0.25) is 0 Å². The van der Waals surface area contributed by atoms with Gasteiger partial charge in [-0.1, -0.05) is 6.07 Å². The molecule has 13 heteroatoms. The fourth-order valence-electron chi connectivity index (χ4n) is 4.38. The first-order chi connectivity index (χ1) is 16.7. The third-order valence-corrected chi connectivity index (χ3v) is 7.10. The highest BCUT2D eigenvalue weighted by atomic mass is 32.2. The smallest absolute Gasteiger partial charge is 0.410 e. The number of piperidine rings is 1. The number of sulfonamides is 1. The van der Waals surface area contributed by atoms with Gasteiger partial charge in [-0.3, -0.25) is 0 Å². The van der Waals surface area contributed by atoms with Crippen molar-refractivity contribution in [2.24, 2.45) is 5.14 Å². The normalized spacial score (nSPS) is 20.7. The summed E-state index contributed by atoms with van der Waals surface area (Å²) in [7, 11) is -3.91.